The van der Waals surface area contributed by atoms with Crippen LogP contribution in [0.15, 0.2) is 60.9 Å². The molecule has 4 amide bonds. The van der Waals surface area contributed by atoms with Crippen LogP contribution < -0.4 is 20.7 Å². The van der Waals surface area contributed by atoms with Crippen LogP contribution in [-0.2, 0) is 57.6 Å². The summed E-state index contributed by atoms with van der Waals surface area (Å²) >= 11 is 3.62. The number of carbonyl (C=O) groups is 4. The number of hydrogen-bond acceptors (Lipinski definition) is 12. The lowest BCUT2D eigenvalue weighted by Gasteiger charge is -2.35. The molecule has 6 rings (SSSR count). The highest BCUT2D eigenvalue weighted by Gasteiger charge is 2.26. The molecule has 2 saturated heterocycles. The second-order valence-electron chi connectivity index (χ2n) is 18.0. The number of rotatable bonds is 18. The summed E-state index contributed by atoms with van der Waals surface area (Å²) in [5, 5.41) is 0. The molecule has 0 bridgehead atoms. The van der Waals surface area contributed by atoms with Crippen LogP contribution in [0.5, 0.6) is 0 Å². The van der Waals surface area contributed by atoms with Gasteiger partial charge in [-0.2, -0.15) is 0 Å². The molecule has 2 fully saturated rings. The predicted octanol–water partition coefficient (Wildman–Crippen LogP) is 7.78. The van der Waals surface area contributed by atoms with E-state index in [4.69, 9.17) is 19.4 Å². The number of nitrogens with one attached hydrogen (secondary N) is 2. The average molecular weight is 915 g/mol. The Bertz CT molecular complexity index is 1990. The van der Waals surface area contributed by atoms with Crippen molar-refractivity contribution in [2.45, 2.75) is 117 Å². The highest BCUT2D eigenvalue weighted by atomic mass is 32.1. The first-order valence-electron chi connectivity index (χ1n) is 22.6. The molecule has 2 N–H and O–H groups in total. The van der Waals surface area contributed by atoms with Crippen molar-refractivity contribution in [2.24, 2.45) is 0 Å². The first kappa shape index (κ1) is 48.2. The third kappa shape index (κ3) is 15.2. The van der Waals surface area contributed by atoms with Crippen LogP contribution in [0.25, 0.3) is 0 Å². The van der Waals surface area contributed by atoms with Crippen LogP contribution in [0.4, 0.5) is 21.0 Å². The first-order valence-corrected chi connectivity index (χ1v) is 24.3. The fourth-order valence-corrected chi connectivity index (χ4v) is 10.2. The molecule has 4 aromatic rings. The number of thiophene rings is 2. The smallest absolute Gasteiger partial charge is 0.426 e. The zero-order valence-electron chi connectivity index (χ0n) is 38.5. The number of ether oxygens (including phenoxy) is 2. The Kier molecular flexibility index (Phi) is 17.0. The second-order valence-corrected chi connectivity index (χ2v) is 20.5. The zero-order valence-corrected chi connectivity index (χ0v) is 40.1. The van der Waals surface area contributed by atoms with Gasteiger partial charge < -0.3 is 29.1 Å². The molecule has 16 heteroatoms. The van der Waals surface area contributed by atoms with Crippen LogP contribution in [0.3, 0.4) is 0 Å². The van der Waals surface area contributed by atoms with Crippen LogP contribution in [0.1, 0.15) is 98.1 Å². The van der Waals surface area contributed by atoms with Gasteiger partial charge in [0.2, 0.25) is 11.8 Å². The van der Waals surface area contributed by atoms with E-state index in [0.29, 0.717) is 12.8 Å². The summed E-state index contributed by atoms with van der Waals surface area (Å²) in [6, 6.07) is 17.2. The topological polar surface area (TPSA) is 150 Å². The number of anilines is 2. The van der Waals surface area contributed by atoms with Gasteiger partial charge in [-0.05, 0) is 140 Å². The largest absolute Gasteiger partial charge is 0.442 e. The number of aromatic nitrogens is 2. The summed E-state index contributed by atoms with van der Waals surface area (Å²) in [7, 11) is 0. The maximum absolute atomic E-state index is 12.6. The number of piperazine rings is 2. The number of aryl methyl sites for hydroxylation is 6. The van der Waals surface area contributed by atoms with Crippen molar-refractivity contribution in [1.82, 2.24) is 30.6 Å². The lowest BCUT2D eigenvalue weighted by molar-refractivity contribution is -0.129. The van der Waals surface area contributed by atoms with Gasteiger partial charge in [-0.25, -0.2) is 20.4 Å². The van der Waals surface area contributed by atoms with Crippen LogP contribution >= 0.6 is 22.7 Å². The summed E-state index contributed by atoms with van der Waals surface area (Å²) in [6.07, 6.45) is 10.8. The summed E-state index contributed by atoms with van der Waals surface area (Å²) < 4.78 is 11.3. The van der Waals surface area contributed by atoms with Crippen molar-refractivity contribution in [3.63, 3.8) is 0 Å². The highest BCUT2D eigenvalue weighted by molar-refractivity contribution is 7.12. The van der Waals surface area contributed by atoms with E-state index in [1.807, 2.05) is 72.6 Å². The van der Waals surface area contributed by atoms with Gasteiger partial charge in [0.15, 0.2) is 0 Å². The summed E-state index contributed by atoms with van der Waals surface area (Å²) in [6.45, 7) is 17.0. The molecule has 2 aliphatic heterocycles. The molecule has 2 aliphatic rings. The molecule has 64 heavy (non-hydrogen) atoms. The third-order valence-corrected chi connectivity index (χ3v) is 14.3. The van der Waals surface area contributed by atoms with Crippen molar-refractivity contribution >= 4 is 58.0 Å². The fraction of sp³-hybridized carbons (Fsp3) is 0.542. The van der Waals surface area contributed by atoms with Crippen LogP contribution in [0.2, 0.25) is 0 Å². The second kappa shape index (κ2) is 22.6. The Balaban J connectivity index is 0.807. The first-order chi connectivity index (χ1) is 30.6. The van der Waals surface area contributed by atoms with E-state index in [-0.39, 0.29) is 11.8 Å². The Morgan fingerprint density at radius 3 is 1.22 bits per heavy atom. The molecule has 0 saturated carbocycles. The van der Waals surface area contributed by atoms with Gasteiger partial charge in [0, 0.05) is 97.1 Å². The van der Waals surface area contributed by atoms with E-state index < -0.39 is 23.4 Å². The molecular formula is C48H66N8O6S2. The van der Waals surface area contributed by atoms with Crippen molar-refractivity contribution in [3.05, 3.63) is 91.8 Å². The molecule has 4 aromatic heterocycles. The standard InChI is InChI=1S/C48H66N8O6S2/c1-35(57)53-25-29-55(30-26-53)39-15-11-37(49-33-39)13-17-43-21-19-41(63-43)9-7-23-47(3,4)61-45(59)51-52-46(60)62-48(5,6)24-8-10-42-20-22-44(64-42)18-14-38-12-16-40(34-50-38)56-31-27-54(28-32-56)36(2)58/h11-12,15-16,19-22,33-34H,7-10,13-14,17-18,23-32H2,1-6H3,(H,51,59)(H,52,60). The Morgan fingerprint density at radius 2 is 0.891 bits per heavy atom. The number of hydrogen-bond donors (Lipinski definition) is 2. The van der Waals surface area contributed by atoms with Gasteiger partial charge in [0.25, 0.3) is 0 Å². The normalized spacial score (nSPS) is 14.7. The molecule has 0 radical (unpaired) electrons. The molecule has 0 atom stereocenters. The number of amides is 4. The van der Waals surface area contributed by atoms with E-state index in [9.17, 15) is 19.2 Å². The predicted molar refractivity (Wildman–Crippen MR) is 254 cm³/mol. The maximum Gasteiger partial charge on any atom is 0.426 e. The minimum Gasteiger partial charge on any atom is -0.442 e. The Morgan fingerprint density at radius 1 is 0.531 bits per heavy atom. The average Bonchev–Trinajstić information content (AvgIpc) is 3.93. The molecule has 346 valence electrons. The van der Waals surface area contributed by atoms with Crippen molar-refractivity contribution in [2.75, 3.05) is 62.2 Å². The van der Waals surface area contributed by atoms with Gasteiger partial charge in [-0.3, -0.25) is 19.6 Å². The molecular weight excluding hydrogens is 849 g/mol. The van der Waals surface area contributed by atoms with E-state index >= 15 is 0 Å². The van der Waals surface area contributed by atoms with Gasteiger partial charge in [-0.1, -0.05) is 0 Å². The number of hydrazine groups is 1. The Hall–Kier alpha value is -5.22. The van der Waals surface area contributed by atoms with Gasteiger partial charge in [0.1, 0.15) is 11.2 Å². The monoisotopic (exact) mass is 914 g/mol. The number of nitrogens with zero attached hydrogens (tertiary/aromatic N) is 6. The van der Waals surface area contributed by atoms with Crippen molar-refractivity contribution in [1.29, 1.82) is 0 Å². The van der Waals surface area contributed by atoms with Gasteiger partial charge in [-0.15, -0.1) is 22.7 Å². The van der Waals surface area contributed by atoms with E-state index in [1.54, 1.807) is 13.8 Å². The number of carbonyl (C=O) groups excluding carboxylic acids is 4. The minimum atomic E-state index is -0.739. The van der Waals surface area contributed by atoms with Gasteiger partial charge >= 0.3 is 12.2 Å². The van der Waals surface area contributed by atoms with Gasteiger partial charge in [0.05, 0.1) is 23.8 Å². The summed E-state index contributed by atoms with van der Waals surface area (Å²) in [4.78, 5) is 71.5. The zero-order chi connectivity index (χ0) is 45.7. The van der Waals surface area contributed by atoms with Crippen molar-refractivity contribution in [3.8, 4) is 0 Å². The Labute approximate surface area is 386 Å². The molecule has 0 spiro atoms. The lowest BCUT2D eigenvalue weighted by Crippen LogP contribution is -2.48. The SMILES string of the molecule is CC(=O)N1CCN(c2ccc(CCc3ccc(CCCC(C)(C)OC(=O)NNC(=O)OC(C)(C)CCCc4ccc(CCc5ccc(N6CCN(C(C)=O)CC6)cn5)s4)s3)nc2)CC1. The lowest BCUT2D eigenvalue weighted by atomic mass is 10.0. The number of pyridine rings is 2. The minimum absolute atomic E-state index is 0.133. The van der Waals surface area contributed by atoms with E-state index in [2.05, 4.69) is 69.2 Å². The molecule has 0 aromatic carbocycles. The van der Waals surface area contributed by atoms with E-state index in [0.717, 1.165) is 126 Å². The maximum atomic E-state index is 12.6. The van der Waals surface area contributed by atoms with Crippen LogP contribution in [0, 0.1) is 0 Å². The molecule has 0 aliphatic carbocycles. The molecule has 0 unspecified atom stereocenters. The van der Waals surface area contributed by atoms with Crippen molar-refractivity contribution < 1.29 is 28.7 Å². The summed E-state index contributed by atoms with van der Waals surface area (Å²) in [5.41, 5.74) is 7.54. The quantitative estimate of drug-likeness (QED) is 0.0949. The fourth-order valence-electron chi connectivity index (χ4n) is 8.08. The third-order valence-electron chi connectivity index (χ3n) is 11.9. The molecule has 14 nitrogen and oxygen atoms in total. The van der Waals surface area contributed by atoms with Crippen LogP contribution in [-0.4, -0.2) is 107 Å². The van der Waals surface area contributed by atoms with E-state index in [1.165, 1.54) is 19.5 Å². The molecule has 6 heterocycles. The highest BCUT2D eigenvalue weighted by Crippen LogP contribution is 2.26. The summed E-state index contributed by atoms with van der Waals surface area (Å²) in [5.74, 6) is 0.266.